The van der Waals surface area contributed by atoms with Crippen LogP contribution in [-0.4, -0.2) is 19.0 Å². The third kappa shape index (κ3) is 6.57. The highest BCUT2D eigenvalue weighted by Gasteiger charge is 1.95. The van der Waals surface area contributed by atoms with Gasteiger partial charge in [0.1, 0.15) is 11.5 Å². The maximum atomic E-state index is 5.65. The molecule has 0 aliphatic rings. The molecule has 0 bridgehead atoms. The fourth-order valence-electron chi connectivity index (χ4n) is 1.59. The summed E-state index contributed by atoms with van der Waals surface area (Å²) in [6.45, 7) is 0.806. The molecule has 0 fully saturated rings. The van der Waals surface area contributed by atoms with E-state index in [1.165, 1.54) is 25.7 Å². The van der Waals surface area contributed by atoms with Gasteiger partial charge in [-0.25, -0.2) is 0 Å². The van der Waals surface area contributed by atoms with E-state index in [2.05, 4.69) is 15.9 Å². The fraction of sp³-hybridized carbons (Fsp3) is 0.571. The SMILES string of the molecule is COc1ccc(OCCCCCCCBr)cc1. The number of rotatable bonds is 9. The van der Waals surface area contributed by atoms with Crippen LogP contribution >= 0.6 is 15.9 Å². The first-order valence-corrected chi connectivity index (χ1v) is 7.32. The van der Waals surface area contributed by atoms with E-state index in [0.717, 1.165) is 29.9 Å². The van der Waals surface area contributed by atoms with Crippen molar-refractivity contribution in [1.82, 2.24) is 0 Å². The molecule has 0 spiro atoms. The van der Waals surface area contributed by atoms with Crippen LogP contribution in [0.15, 0.2) is 24.3 Å². The van der Waals surface area contributed by atoms with Gasteiger partial charge in [0, 0.05) is 5.33 Å². The maximum absolute atomic E-state index is 5.65. The summed E-state index contributed by atoms with van der Waals surface area (Å²) in [5.41, 5.74) is 0. The highest BCUT2D eigenvalue weighted by atomic mass is 79.9. The molecule has 0 aliphatic heterocycles. The second-order valence-corrected chi connectivity index (χ2v) is 4.77. The number of benzene rings is 1. The zero-order valence-corrected chi connectivity index (χ0v) is 12.0. The molecule has 3 heteroatoms. The van der Waals surface area contributed by atoms with Crippen molar-refractivity contribution in [1.29, 1.82) is 0 Å². The minimum atomic E-state index is 0.806. The second kappa shape index (κ2) is 9.34. The molecule has 0 atom stereocenters. The van der Waals surface area contributed by atoms with Crippen LogP contribution in [0.5, 0.6) is 11.5 Å². The van der Waals surface area contributed by atoms with Crippen LogP contribution in [-0.2, 0) is 0 Å². The molecule has 0 heterocycles. The Morgan fingerprint density at radius 1 is 0.882 bits per heavy atom. The van der Waals surface area contributed by atoms with Gasteiger partial charge in [0.2, 0.25) is 0 Å². The molecule has 0 N–H and O–H groups in total. The summed E-state index contributed by atoms with van der Waals surface area (Å²) in [6, 6.07) is 7.74. The van der Waals surface area contributed by atoms with Gasteiger partial charge in [-0.2, -0.15) is 0 Å². The van der Waals surface area contributed by atoms with Crippen molar-refractivity contribution in [2.75, 3.05) is 19.0 Å². The van der Waals surface area contributed by atoms with Crippen molar-refractivity contribution in [3.05, 3.63) is 24.3 Å². The lowest BCUT2D eigenvalue weighted by Crippen LogP contribution is -1.97. The summed E-state index contributed by atoms with van der Waals surface area (Å²) in [5, 5.41) is 1.12. The fourth-order valence-corrected chi connectivity index (χ4v) is 1.99. The second-order valence-electron chi connectivity index (χ2n) is 3.98. The molecule has 0 radical (unpaired) electrons. The lowest BCUT2D eigenvalue weighted by molar-refractivity contribution is 0.304. The van der Waals surface area contributed by atoms with Crippen molar-refractivity contribution in [2.24, 2.45) is 0 Å². The molecule has 0 aromatic heterocycles. The third-order valence-electron chi connectivity index (χ3n) is 2.61. The minimum Gasteiger partial charge on any atom is -0.497 e. The zero-order chi connectivity index (χ0) is 12.3. The van der Waals surface area contributed by atoms with E-state index >= 15 is 0 Å². The standard InChI is InChI=1S/C14H21BrO2/c1-16-13-7-9-14(10-8-13)17-12-6-4-2-3-5-11-15/h7-10H,2-6,11-12H2,1H3. The van der Waals surface area contributed by atoms with Gasteiger partial charge >= 0.3 is 0 Å². The molecule has 0 unspecified atom stereocenters. The van der Waals surface area contributed by atoms with Crippen LogP contribution in [0.3, 0.4) is 0 Å². The van der Waals surface area contributed by atoms with Crippen LogP contribution in [0.25, 0.3) is 0 Å². The molecule has 0 amide bonds. The Kier molecular flexibility index (Phi) is 7.89. The predicted octanol–water partition coefficient (Wildman–Crippen LogP) is 4.42. The van der Waals surface area contributed by atoms with Crippen LogP contribution < -0.4 is 9.47 Å². The Morgan fingerprint density at radius 2 is 1.47 bits per heavy atom. The number of halogens is 1. The Morgan fingerprint density at radius 3 is 2.12 bits per heavy atom. The van der Waals surface area contributed by atoms with Crippen LogP contribution in [0.1, 0.15) is 32.1 Å². The number of hydrogen-bond donors (Lipinski definition) is 0. The molecule has 17 heavy (non-hydrogen) atoms. The maximum Gasteiger partial charge on any atom is 0.119 e. The Labute approximate surface area is 112 Å². The molecular formula is C14H21BrO2. The average Bonchev–Trinajstić information content (AvgIpc) is 2.38. The lowest BCUT2D eigenvalue weighted by Gasteiger charge is -2.06. The van der Waals surface area contributed by atoms with Gasteiger partial charge in [-0.15, -0.1) is 0 Å². The van der Waals surface area contributed by atoms with Crippen LogP contribution in [0.2, 0.25) is 0 Å². The summed E-state index contributed by atoms with van der Waals surface area (Å²) in [4.78, 5) is 0. The molecule has 2 nitrogen and oxygen atoms in total. The number of ether oxygens (including phenoxy) is 2. The van der Waals surface area contributed by atoms with Crippen LogP contribution in [0.4, 0.5) is 0 Å². The Bertz CT molecular complexity index is 285. The third-order valence-corrected chi connectivity index (χ3v) is 3.17. The van der Waals surface area contributed by atoms with Crippen molar-refractivity contribution in [3.8, 4) is 11.5 Å². The van der Waals surface area contributed by atoms with Gasteiger partial charge < -0.3 is 9.47 Å². The largest absolute Gasteiger partial charge is 0.497 e. The van der Waals surface area contributed by atoms with Gasteiger partial charge in [0.15, 0.2) is 0 Å². The number of unbranched alkanes of at least 4 members (excludes halogenated alkanes) is 4. The number of hydrogen-bond acceptors (Lipinski definition) is 2. The lowest BCUT2D eigenvalue weighted by atomic mass is 10.2. The normalized spacial score (nSPS) is 10.2. The van der Waals surface area contributed by atoms with Crippen molar-refractivity contribution < 1.29 is 9.47 Å². The molecule has 0 saturated heterocycles. The topological polar surface area (TPSA) is 18.5 Å². The van der Waals surface area contributed by atoms with E-state index in [9.17, 15) is 0 Å². The summed E-state index contributed by atoms with van der Waals surface area (Å²) < 4.78 is 10.7. The van der Waals surface area contributed by atoms with Gasteiger partial charge in [0.05, 0.1) is 13.7 Å². The van der Waals surface area contributed by atoms with E-state index in [1.807, 2.05) is 24.3 Å². The summed E-state index contributed by atoms with van der Waals surface area (Å²) in [6.07, 6.45) is 6.28. The number of methoxy groups -OCH3 is 1. The van der Waals surface area contributed by atoms with Crippen molar-refractivity contribution >= 4 is 15.9 Å². The van der Waals surface area contributed by atoms with Gasteiger partial charge in [-0.1, -0.05) is 35.2 Å². The molecule has 1 aromatic rings. The predicted molar refractivity (Wildman–Crippen MR) is 75.4 cm³/mol. The highest BCUT2D eigenvalue weighted by molar-refractivity contribution is 9.09. The molecule has 96 valence electrons. The van der Waals surface area contributed by atoms with Crippen molar-refractivity contribution in [2.45, 2.75) is 32.1 Å². The van der Waals surface area contributed by atoms with E-state index in [0.29, 0.717) is 0 Å². The Hall–Kier alpha value is -0.700. The molecule has 1 aromatic carbocycles. The van der Waals surface area contributed by atoms with Crippen LogP contribution in [0, 0.1) is 0 Å². The van der Waals surface area contributed by atoms with E-state index in [4.69, 9.17) is 9.47 Å². The average molecular weight is 301 g/mol. The minimum absolute atomic E-state index is 0.806. The first-order valence-electron chi connectivity index (χ1n) is 6.19. The summed E-state index contributed by atoms with van der Waals surface area (Å²) in [5.74, 6) is 1.79. The molecule has 0 aliphatic carbocycles. The first-order chi connectivity index (χ1) is 8.36. The summed E-state index contributed by atoms with van der Waals surface area (Å²) in [7, 11) is 1.67. The smallest absolute Gasteiger partial charge is 0.119 e. The van der Waals surface area contributed by atoms with Gasteiger partial charge in [0.25, 0.3) is 0 Å². The first kappa shape index (κ1) is 14.4. The van der Waals surface area contributed by atoms with E-state index in [-0.39, 0.29) is 0 Å². The van der Waals surface area contributed by atoms with E-state index < -0.39 is 0 Å². The highest BCUT2D eigenvalue weighted by Crippen LogP contribution is 2.17. The number of alkyl halides is 1. The molecule has 1 rings (SSSR count). The molecular weight excluding hydrogens is 280 g/mol. The van der Waals surface area contributed by atoms with Crippen molar-refractivity contribution in [3.63, 3.8) is 0 Å². The van der Waals surface area contributed by atoms with Gasteiger partial charge in [-0.05, 0) is 37.1 Å². The zero-order valence-electron chi connectivity index (χ0n) is 10.5. The molecule has 0 saturated carbocycles. The van der Waals surface area contributed by atoms with Gasteiger partial charge in [-0.3, -0.25) is 0 Å². The van der Waals surface area contributed by atoms with E-state index in [1.54, 1.807) is 7.11 Å². The quantitative estimate of drug-likeness (QED) is 0.496. The summed E-state index contributed by atoms with van der Waals surface area (Å²) >= 11 is 3.44. The monoisotopic (exact) mass is 300 g/mol. The Balaban J connectivity index is 2.05.